The molecule has 4 heteroatoms. The minimum Gasteiger partial charge on any atom is -0.321 e. The van der Waals surface area contributed by atoms with E-state index in [-0.39, 0.29) is 5.41 Å². The molecule has 2 rings (SSSR count). The summed E-state index contributed by atoms with van der Waals surface area (Å²) in [5, 5.41) is 0. The molecule has 1 aliphatic carbocycles. The summed E-state index contributed by atoms with van der Waals surface area (Å²) in [7, 11) is 0. The number of benzene rings is 1. The predicted molar refractivity (Wildman–Crippen MR) is 74.3 cm³/mol. The highest BCUT2D eigenvalue weighted by molar-refractivity contribution is 5.37. The molecule has 0 aliphatic heterocycles. The quantitative estimate of drug-likeness (QED) is 0.790. The number of hydrogen-bond donors (Lipinski definition) is 1. The van der Waals surface area contributed by atoms with Crippen LogP contribution in [0.15, 0.2) is 18.2 Å². The van der Waals surface area contributed by atoms with E-state index < -0.39 is 17.3 Å². The maximum absolute atomic E-state index is 12.7. The highest BCUT2D eigenvalue weighted by Gasteiger charge is 2.38. The highest BCUT2D eigenvalue weighted by atomic mass is 19.4. The lowest BCUT2D eigenvalue weighted by Gasteiger charge is -2.42. The van der Waals surface area contributed by atoms with E-state index in [1.807, 2.05) is 0 Å². The molecule has 0 spiro atoms. The van der Waals surface area contributed by atoms with Crippen LogP contribution in [-0.4, -0.2) is 0 Å². The predicted octanol–water partition coefficient (Wildman–Crippen LogP) is 4.77. The molecule has 1 saturated carbocycles. The van der Waals surface area contributed by atoms with Crippen molar-refractivity contribution in [1.29, 1.82) is 0 Å². The Bertz CT molecular complexity index is 493. The minimum absolute atomic E-state index is 0.280. The van der Waals surface area contributed by atoms with E-state index >= 15 is 0 Å². The summed E-state index contributed by atoms with van der Waals surface area (Å²) in [6.45, 7) is 6.15. The molecule has 0 amide bonds. The number of hydrogen-bond acceptors (Lipinski definition) is 1. The lowest BCUT2D eigenvalue weighted by atomic mass is 9.67. The Morgan fingerprint density at radius 3 is 2.05 bits per heavy atom. The second kappa shape index (κ2) is 4.76. The maximum Gasteiger partial charge on any atom is 0.416 e. The molecule has 1 nitrogen and oxygen atoms in total. The average molecular weight is 285 g/mol. The van der Waals surface area contributed by atoms with Gasteiger partial charge in [0.1, 0.15) is 0 Å². The van der Waals surface area contributed by atoms with E-state index in [0.29, 0.717) is 5.56 Å². The van der Waals surface area contributed by atoms with Crippen molar-refractivity contribution in [3.8, 4) is 0 Å². The number of alkyl halides is 3. The molecular weight excluding hydrogens is 263 g/mol. The molecule has 0 aromatic heterocycles. The molecule has 0 atom stereocenters. The third-order valence-electron chi connectivity index (χ3n) is 4.59. The smallest absolute Gasteiger partial charge is 0.321 e. The van der Waals surface area contributed by atoms with Gasteiger partial charge in [0.25, 0.3) is 0 Å². The first-order valence-corrected chi connectivity index (χ1v) is 7.01. The van der Waals surface area contributed by atoms with E-state index in [0.717, 1.165) is 37.3 Å². The molecule has 1 aromatic rings. The second-order valence-corrected chi connectivity index (χ2v) is 6.85. The van der Waals surface area contributed by atoms with Gasteiger partial charge in [-0.25, -0.2) is 0 Å². The standard InChI is InChI=1S/C16H22F3N/c1-11-10-12(16(17,18)19)4-5-13(11)15(20)8-6-14(2,3)7-9-15/h4-5,10H,6-9,20H2,1-3H3. The first kappa shape index (κ1) is 15.4. The van der Waals surface area contributed by atoms with Crippen molar-refractivity contribution in [3.05, 3.63) is 34.9 Å². The SMILES string of the molecule is Cc1cc(C(F)(F)F)ccc1C1(N)CCC(C)(C)CC1. The summed E-state index contributed by atoms with van der Waals surface area (Å²) >= 11 is 0. The molecule has 0 bridgehead atoms. The summed E-state index contributed by atoms with van der Waals surface area (Å²) in [5.41, 5.74) is 7.18. The summed E-state index contributed by atoms with van der Waals surface area (Å²) in [6.07, 6.45) is -0.633. The molecule has 0 unspecified atom stereocenters. The van der Waals surface area contributed by atoms with Crippen molar-refractivity contribution < 1.29 is 13.2 Å². The van der Waals surface area contributed by atoms with E-state index in [2.05, 4.69) is 13.8 Å². The first-order valence-electron chi connectivity index (χ1n) is 7.01. The van der Waals surface area contributed by atoms with Gasteiger partial charge in [0.2, 0.25) is 0 Å². The van der Waals surface area contributed by atoms with Crippen LogP contribution in [0, 0.1) is 12.3 Å². The number of halogens is 3. The van der Waals surface area contributed by atoms with Gasteiger partial charge in [-0.05, 0) is 61.3 Å². The van der Waals surface area contributed by atoms with Crippen molar-refractivity contribution in [2.24, 2.45) is 11.1 Å². The van der Waals surface area contributed by atoms with Crippen LogP contribution in [0.5, 0.6) is 0 Å². The van der Waals surface area contributed by atoms with Gasteiger partial charge >= 0.3 is 6.18 Å². The molecule has 0 heterocycles. The molecule has 0 radical (unpaired) electrons. The second-order valence-electron chi connectivity index (χ2n) is 6.85. The van der Waals surface area contributed by atoms with Gasteiger partial charge in [-0.3, -0.25) is 0 Å². The zero-order chi connectivity index (χ0) is 15.2. The van der Waals surface area contributed by atoms with Crippen LogP contribution >= 0.6 is 0 Å². The summed E-state index contributed by atoms with van der Waals surface area (Å²) < 4.78 is 38.1. The Labute approximate surface area is 118 Å². The van der Waals surface area contributed by atoms with Crippen LogP contribution in [0.2, 0.25) is 0 Å². The fraction of sp³-hybridized carbons (Fsp3) is 0.625. The van der Waals surface area contributed by atoms with E-state index in [1.165, 1.54) is 6.07 Å². The third-order valence-corrected chi connectivity index (χ3v) is 4.59. The van der Waals surface area contributed by atoms with Gasteiger partial charge in [0.15, 0.2) is 0 Å². The molecule has 1 aliphatic rings. The van der Waals surface area contributed by atoms with Gasteiger partial charge < -0.3 is 5.73 Å². The van der Waals surface area contributed by atoms with E-state index in [4.69, 9.17) is 5.73 Å². The van der Waals surface area contributed by atoms with Crippen molar-refractivity contribution in [3.63, 3.8) is 0 Å². The molecule has 112 valence electrons. The first-order chi connectivity index (χ1) is 9.04. The number of nitrogens with two attached hydrogens (primary N) is 1. The molecule has 1 aromatic carbocycles. The number of rotatable bonds is 1. The Morgan fingerprint density at radius 1 is 1.05 bits per heavy atom. The van der Waals surface area contributed by atoms with Gasteiger partial charge in [-0.15, -0.1) is 0 Å². The Balaban J connectivity index is 2.30. The Kier molecular flexibility index (Phi) is 3.66. The fourth-order valence-electron chi connectivity index (χ4n) is 3.04. The molecule has 20 heavy (non-hydrogen) atoms. The summed E-state index contributed by atoms with van der Waals surface area (Å²) in [6, 6.07) is 3.93. The normalized spacial score (nSPS) is 21.8. The van der Waals surface area contributed by atoms with Gasteiger partial charge in [-0.2, -0.15) is 13.2 Å². The van der Waals surface area contributed by atoms with E-state index in [1.54, 1.807) is 13.0 Å². The van der Waals surface area contributed by atoms with Crippen molar-refractivity contribution in [2.75, 3.05) is 0 Å². The lowest BCUT2D eigenvalue weighted by molar-refractivity contribution is -0.137. The van der Waals surface area contributed by atoms with Crippen LogP contribution in [0.4, 0.5) is 13.2 Å². The van der Waals surface area contributed by atoms with Crippen molar-refractivity contribution >= 4 is 0 Å². The van der Waals surface area contributed by atoms with Crippen LogP contribution in [0.25, 0.3) is 0 Å². The molecule has 2 N–H and O–H groups in total. The molecule has 0 saturated heterocycles. The van der Waals surface area contributed by atoms with Gasteiger partial charge in [0.05, 0.1) is 5.56 Å². The Morgan fingerprint density at radius 2 is 1.60 bits per heavy atom. The monoisotopic (exact) mass is 285 g/mol. The van der Waals surface area contributed by atoms with Gasteiger partial charge in [-0.1, -0.05) is 19.9 Å². The topological polar surface area (TPSA) is 26.0 Å². The zero-order valence-corrected chi connectivity index (χ0v) is 12.3. The Hall–Kier alpha value is -1.03. The fourth-order valence-corrected chi connectivity index (χ4v) is 3.04. The van der Waals surface area contributed by atoms with Gasteiger partial charge in [0, 0.05) is 5.54 Å². The number of aryl methyl sites for hydroxylation is 1. The summed E-state index contributed by atoms with van der Waals surface area (Å²) in [5.74, 6) is 0. The molecular formula is C16H22F3N. The van der Waals surface area contributed by atoms with Crippen molar-refractivity contribution in [2.45, 2.75) is 58.2 Å². The molecule has 1 fully saturated rings. The minimum atomic E-state index is -4.29. The van der Waals surface area contributed by atoms with Crippen LogP contribution in [-0.2, 0) is 11.7 Å². The maximum atomic E-state index is 12.7. The highest BCUT2D eigenvalue weighted by Crippen LogP contribution is 2.45. The average Bonchev–Trinajstić information content (AvgIpc) is 2.32. The van der Waals surface area contributed by atoms with Crippen LogP contribution in [0.3, 0.4) is 0 Å². The largest absolute Gasteiger partial charge is 0.416 e. The van der Waals surface area contributed by atoms with Crippen molar-refractivity contribution in [1.82, 2.24) is 0 Å². The van der Waals surface area contributed by atoms with E-state index in [9.17, 15) is 13.2 Å². The van der Waals surface area contributed by atoms with Crippen LogP contribution in [0.1, 0.15) is 56.2 Å². The van der Waals surface area contributed by atoms with Crippen LogP contribution < -0.4 is 5.73 Å². The zero-order valence-electron chi connectivity index (χ0n) is 12.3. The lowest BCUT2D eigenvalue weighted by Crippen LogP contribution is -2.43. The summed E-state index contributed by atoms with van der Waals surface area (Å²) in [4.78, 5) is 0. The third kappa shape index (κ3) is 3.00.